The Morgan fingerprint density at radius 3 is 2.00 bits per heavy atom. The summed E-state index contributed by atoms with van der Waals surface area (Å²) in [5.74, 6) is -0.869. The number of aliphatic carboxylic acids is 1. The van der Waals surface area contributed by atoms with Gasteiger partial charge in [-0.2, -0.15) is 0 Å². The maximum Gasteiger partial charge on any atom is 0.331 e. The van der Waals surface area contributed by atoms with Gasteiger partial charge in [-0.05, 0) is 31.2 Å². The molecule has 0 heterocycles. The number of carboxylic acids is 1. The van der Waals surface area contributed by atoms with E-state index >= 15 is 0 Å². The van der Waals surface area contributed by atoms with E-state index in [4.69, 9.17) is 5.11 Å². The van der Waals surface area contributed by atoms with Gasteiger partial charge in [-0.3, -0.25) is 9.59 Å². The summed E-state index contributed by atoms with van der Waals surface area (Å²) in [4.78, 5) is 38.0. The summed E-state index contributed by atoms with van der Waals surface area (Å²) in [6.07, 6.45) is 2.80. The Bertz CT molecular complexity index is 782. The second kappa shape index (κ2) is 14.5. The number of carbonyl (C=O) groups is 3. The predicted molar refractivity (Wildman–Crippen MR) is 135 cm³/mol. The van der Waals surface area contributed by atoms with Gasteiger partial charge in [-0.1, -0.05) is 84.9 Å². The van der Waals surface area contributed by atoms with Crippen LogP contribution in [0.2, 0.25) is 0 Å². The van der Waals surface area contributed by atoms with Gasteiger partial charge in [-0.15, -0.1) is 0 Å². The molecule has 1 aromatic rings. The number of benzene rings is 1. The Hall–Kier alpha value is -2.63. The molecule has 0 saturated heterocycles. The minimum absolute atomic E-state index is 0.118. The van der Waals surface area contributed by atoms with E-state index in [1.165, 1.54) is 11.8 Å². The first-order valence-electron chi connectivity index (χ1n) is 11.8. The molecule has 2 atom stereocenters. The molecule has 0 fully saturated rings. The highest BCUT2D eigenvalue weighted by Gasteiger charge is 2.35. The summed E-state index contributed by atoms with van der Waals surface area (Å²) in [7, 11) is 1.62. The summed E-state index contributed by atoms with van der Waals surface area (Å²) in [6.45, 7) is 15.8. The number of carbonyl (C=O) groups excluding carboxylic acids is 2. The third-order valence-electron chi connectivity index (χ3n) is 5.62. The van der Waals surface area contributed by atoms with E-state index in [2.05, 4.69) is 26.1 Å². The highest BCUT2D eigenvalue weighted by Crippen LogP contribution is 2.33. The fourth-order valence-electron chi connectivity index (χ4n) is 3.55. The number of hydrogen-bond donors (Lipinski definition) is 2. The number of likely N-dealkylation sites (N-methyl/N-ethyl adjacent to an activating group) is 1. The molecule has 1 aromatic carbocycles. The van der Waals surface area contributed by atoms with E-state index in [-0.39, 0.29) is 41.3 Å². The molecule has 0 aliphatic carbocycles. The van der Waals surface area contributed by atoms with Crippen molar-refractivity contribution >= 4 is 17.8 Å². The molecule has 1 rings (SSSR count). The Balaban J connectivity index is 0.00000235. The second-order valence-corrected chi connectivity index (χ2v) is 9.63. The molecule has 0 aliphatic heterocycles. The van der Waals surface area contributed by atoms with Gasteiger partial charge >= 0.3 is 5.97 Å². The largest absolute Gasteiger partial charge is 0.478 e. The molecule has 0 spiro atoms. The number of amides is 2. The smallest absolute Gasteiger partial charge is 0.331 e. The number of nitrogens with zero attached hydrogens (tertiary/aromatic N) is 1. The van der Waals surface area contributed by atoms with Crippen molar-refractivity contribution in [3.05, 3.63) is 47.5 Å². The summed E-state index contributed by atoms with van der Waals surface area (Å²) in [5.41, 5.74) is 0.893. The van der Waals surface area contributed by atoms with Crippen molar-refractivity contribution in [2.45, 2.75) is 79.7 Å². The molecule has 0 aliphatic rings. The third-order valence-corrected chi connectivity index (χ3v) is 5.62. The maximum absolute atomic E-state index is 12.9. The fraction of sp³-hybridized carbons (Fsp3) is 0.593. The monoisotopic (exact) mass is 460 g/mol. The Morgan fingerprint density at radius 2 is 1.58 bits per heavy atom. The Kier molecular flexibility index (Phi) is 13.3. The summed E-state index contributed by atoms with van der Waals surface area (Å²) < 4.78 is 0. The Morgan fingerprint density at radius 1 is 1.06 bits per heavy atom. The van der Waals surface area contributed by atoms with Crippen LogP contribution < -0.4 is 5.32 Å². The van der Waals surface area contributed by atoms with Gasteiger partial charge in [0, 0.05) is 24.0 Å². The van der Waals surface area contributed by atoms with Crippen LogP contribution in [-0.4, -0.2) is 47.4 Å². The van der Waals surface area contributed by atoms with E-state index in [1.54, 1.807) is 13.1 Å². The quantitative estimate of drug-likeness (QED) is 0.479. The molecule has 0 bridgehead atoms. The molecule has 186 valence electrons. The first kappa shape index (κ1) is 30.4. The van der Waals surface area contributed by atoms with Crippen molar-refractivity contribution in [2.24, 2.45) is 11.8 Å². The van der Waals surface area contributed by atoms with Crippen LogP contribution in [0.3, 0.4) is 0 Å². The van der Waals surface area contributed by atoms with Crippen LogP contribution in [0.15, 0.2) is 42.0 Å². The summed E-state index contributed by atoms with van der Waals surface area (Å²) in [6, 6.07) is 9.54. The highest BCUT2D eigenvalue weighted by molar-refractivity contribution is 5.88. The molecule has 0 saturated carbocycles. The lowest BCUT2D eigenvalue weighted by molar-refractivity contribution is -0.135. The van der Waals surface area contributed by atoms with Crippen molar-refractivity contribution in [2.75, 3.05) is 13.6 Å². The van der Waals surface area contributed by atoms with Gasteiger partial charge in [0.2, 0.25) is 11.8 Å². The van der Waals surface area contributed by atoms with Gasteiger partial charge in [-0.25, -0.2) is 4.79 Å². The minimum Gasteiger partial charge on any atom is -0.478 e. The highest BCUT2D eigenvalue weighted by atomic mass is 16.4. The van der Waals surface area contributed by atoms with E-state index in [1.807, 2.05) is 58.0 Å². The average Bonchev–Trinajstić information content (AvgIpc) is 2.75. The second-order valence-electron chi connectivity index (χ2n) is 9.63. The maximum atomic E-state index is 12.9. The van der Waals surface area contributed by atoms with Crippen LogP contribution in [0.25, 0.3) is 0 Å². The van der Waals surface area contributed by atoms with Crippen molar-refractivity contribution < 1.29 is 19.5 Å². The van der Waals surface area contributed by atoms with Gasteiger partial charge in [0.05, 0.1) is 12.6 Å². The minimum atomic E-state index is -1.01. The van der Waals surface area contributed by atoms with Crippen molar-refractivity contribution in [1.29, 1.82) is 0 Å². The van der Waals surface area contributed by atoms with Gasteiger partial charge < -0.3 is 15.3 Å². The molecular formula is C27H44N2O4. The Labute approximate surface area is 200 Å². The molecule has 2 amide bonds. The van der Waals surface area contributed by atoms with Crippen LogP contribution in [0.1, 0.15) is 73.8 Å². The molecule has 33 heavy (non-hydrogen) atoms. The molecule has 0 aromatic heterocycles. The molecule has 6 nitrogen and oxygen atoms in total. The van der Waals surface area contributed by atoms with Crippen LogP contribution >= 0.6 is 0 Å². The lowest BCUT2D eigenvalue weighted by Gasteiger charge is -2.33. The van der Waals surface area contributed by atoms with Crippen molar-refractivity contribution in [3.63, 3.8) is 0 Å². The van der Waals surface area contributed by atoms with E-state index < -0.39 is 5.97 Å². The summed E-state index contributed by atoms with van der Waals surface area (Å²) >= 11 is 0. The van der Waals surface area contributed by atoms with Gasteiger partial charge in [0.25, 0.3) is 0 Å². The molecule has 0 radical (unpaired) electrons. The van der Waals surface area contributed by atoms with Gasteiger partial charge in [0.15, 0.2) is 0 Å². The number of nitrogens with one attached hydrogen (secondary N) is 1. The van der Waals surface area contributed by atoms with Crippen LogP contribution in [0.4, 0.5) is 0 Å². The molecule has 2 N–H and O–H groups in total. The first-order chi connectivity index (χ1) is 15.3. The lowest BCUT2D eigenvalue weighted by atomic mass is 9.71. The van der Waals surface area contributed by atoms with E-state index in [9.17, 15) is 14.4 Å². The number of carboxylic acid groups (broad SMARTS) is 1. The van der Waals surface area contributed by atoms with Crippen molar-refractivity contribution in [1.82, 2.24) is 10.2 Å². The van der Waals surface area contributed by atoms with E-state index in [0.29, 0.717) is 12.8 Å². The van der Waals surface area contributed by atoms with Crippen molar-refractivity contribution in [3.8, 4) is 0 Å². The normalized spacial score (nSPS) is 13.5. The zero-order valence-electron chi connectivity index (χ0n) is 21.9. The molecule has 6 heteroatoms. The fourth-order valence-corrected chi connectivity index (χ4v) is 3.55. The topological polar surface area (TPSA) is 86.7 Å². The van der Waals surface area contributed by atoms with Crippen LogP contribution in [0, 0.1) is 11.8 Å². The predicted octanol–water partition coefficient (Wildman–Crippen LogP) is 5.04. The summed E-state index contributed by atoms with van der Waals surface area (Å²) in [5, 5.41) is 11.8. The third kappa shape index (κ3) is 10.2. The standard InChI is InChI=1S/C23H34N2O4.C4H10/c1-7-18(14-16(3)22(28)29)25(6)20(26)15-24-21(27)19(8-2)23(4,5)17-12-10-9-11-13-17;1-4(2)3/h9-14,18-19H,7-8,15H2,1-6H3,(H,24,27)(H,28,29);4H,1-3H3/b16-14+;/t18-,19+;/m0./s1. The number of hydrogen-bond acceptors (Lipinski definition) is 3. The van der Waals surface area contributed by atoms with Gasteiger partial charge in [0.1, 0.15) is 0 Å². The van der Waals surface area contributed by atoms with Crippen LogP contribution in [0.5, 0.6) is 0 Å². The average molecular weight is 461 g/mol. The van der Waals surface area contributed by atoms with E-state index in [0.717, 1.165) is 11.5 Å². The number of rotatable bonds is 10. The molecular weight excluding hydrogens is 416 g/mol. The SMILES string of the molecule is CC(C)C.CC[C@@H](/C=C(\C)C(=O)O)N(C)C(=O)CNC(=O)[C@@H](CC)C(C)(C)c1ccccc1. The zero-order valence-corrected chi connectivity index (χ0v) is 21.9. The van der Waals surface area contributed by atoms with Crippen LogP contribution in [-0.2, 0) is 19.8 Å². The zero-order chi connectivity index (χ0) is 25.8. The first-order valence-corrected chi connectivity index (χ1v) is 11.8. The lowest BCUT2D eigenvalue weighted by Crippen LogP contribution is -2.46. The molecule has 0 unspecified atom stereocenters.